The summed E-state index contributed by atoms with van der Waals surface area (Å²) in [7, 11) is 0. The molecule has 2 aliphatic heterocycles. The lowest BCUT2D eigenvalue weighted by atomic mass is 10.0. The van der Waals surface area contributed by atoms with Gasteiger partial charge in [0.25, 0.3) is 0 Å². The van der Waals surface area contributed by atoms with Crippen LogP contribution in [-0.4, -0.2) is 41.6 Å². The Balaban J connectivity index is 1.41. The summed E-state index contributed by atoms with van der Waals surface area (Å²) in [5.74, 6) is 1.03. The lowest BCUT2D eigenvalue weighted by Gasteiger charge is -2.38. The summed E-state index contributed by atoms with van der Waals surface area (Å²) < 4.78 is 0. The van der Waals surface area contributed by atoms with Crippen LogP contribution in [0.1, 0.15) is 29.5 Å². The van der Waals surface area contributed by atoms with E-state index in [2.05, 4.69) is 40.3 Å². The minimum atomic E-state index is 0.0150. The fourth-order valence-corrected chi connectivity index (χ4v) is 4.03. The van der Waals surface area contributed by atoms with Gasteiger partial charge in [0.2, 0.25) is 0 Å². The fraction of sp³-hybridized carbons (Fsp3) is 0.429. The zero-order valence-electron chi connectivity index (χ0n) is 15.8. The number of pyridine rings is 1. The molecule has 2 aromatic rings. The Morgan fingerprint density at radius 3 is 2.70 bits per heavy atom. The summed E-state index contributed by atoms with van der Waals surface area (Å²) in [6.07, 6.45) is 4.71. The second kappa shape index (κ2) is 7.56. The molecule has 0 radical (unpaired) electrons. The molecule has 1 aromatic carbocycles. The number of nitrogens with two attached hydrogens (primary N) is 1. The van der Waals surface area contributed by atoms with Gasteiger partial charge >= 0.3 is 6.03 Å². The average Bonchev–Trinajstić information content (AvgIpc) is 2.86. The van der Waals surface area contributed by atoms with Crippen molar-refractivity contribution >= 4 is 17.5 Å². The summed E-state index contributed by atoms with van der Waals surface area (Å²) in [5, 5.41) is 3.09. The number of rotatable bonds is 3. The van der Waals surface area contributed by atoms with Crippen molar-refractivity contribution < 1.29 is 4.79 Å². The standard InChI is InChI=1S/C21H27N5O/c1-15-2-5-20(23-14-15)25-9-7-18(8-10-25)26-11-6-17-12-16(13-22)3-4-19(17)24-21(26)27/h2-5,12,14,18H,6-11,13,22H2,1H3,(H,24,27). The van der Waals surface area contributed by atoms with Crippen molar-refractivity contribution in [3.05, 3.63) is 53.2 Å². The largest absolute Gasteiger partial charge is 0.356 e. The van der Waals surface area contributed by atoms with E-state index in [1.54, 1.807) is 0 Å². The molecule has 1 aromatic heterocycles. The lowest BCUT2D eigenvalue weighted by molar-refractivity contribution is 0.177. The first-order chi connectivity index (χ1) is 13.1. The van der Waals surface area contributed by atoms with Gasteiger partial charge in [0, 0.05) is 44.1 Å². The van der Waals surface area contributed by atoms with Gasteiger partial charge in [-0.1, -0.05) is 18.2 Å². The van der Waals surface area contributed by atoms with Crippen molar-refractivity contribution in [3.63, 3.8) is 0 Å². The molecule has 6 heteroatoms. The topological polar surface area (TPSA) is 74.5 Å². The molecule has 4 rings (SSSR count). The molecule has 0 unspecified atom stereocenters. The second-order valence-electron chi connectivity index (χ2n) is 7.48. The molecule has 0 saturated carbocycles. The molecule has 1 saturated heterocycles. The Morgan fingerprint density at radius 1 is 1.19 bits per heavy atom. The van der Waals surface area contributed by atoms with Gasteiger partial charge < -0.3 is 20.9 Å². The molecule has 3 N–H and O–H groups in total. The van der Waals surface area contributed by atoms with E-state index in [0.29, 0.717) is 6.54 Å². The number of carbonyl (C=O) groups is 1. The number of nitrogens with zero attached hydrogens (tertiary/aromatic N) is 3. The first kappa shape index (κ1) is 17.8. The zero-order valence-corrected chi connectivity index (χ0v) is 15.8. The summed E-state index contributed by atoms with van der Waals surface area (Å²) in [4.78, 5) is 21.6. The molecule has 1 fully saturated rings. The van der Waals surface area contributed by atoms with Gasteiger partial charge in [0.05, 0.1) is 0 Å². The van der Waals surface area contributed by atoms with E-state index in [1.807, 2.05) is 23.2 Å². The summed E-state index contributed by atoms with van der Waals surface area (Å²) in [5.41, 5.74) is 10.1. The highest BCUT2D eigenvalue weighted by atomic mass is 16.2. The van der Waals surface area contributed by atoms with Crippen LogP contribution in [0.15, 0.2) is 36.5 Å². The number of urea groups is 1. The highest BCUT2D eigenvalue weighted by molar-refractivity contribution is 5.91. The van der Waals surface area contributed by atoms with Crippen LogP contribution in [-0.2, 0) is 13.0 Å². The van der Waals surface area contributed by atoms with E-state index in [1.165, 1.54) is 11.1 Å². The molecular weight excluding hydrogens is 338 g/mol. The lowest BCUT2D eigenvalue weighted by Crippen LogP contribution is -2.49. The molecule has 2 aliphatic rings. The maximum atomic E-state index is 12.8. The SMILES string of the molecule is Cc1ccc(N2CCC(N3CCc4cc(CN)ccc4NC3=O)CC2)nc1. The predicted octanol–water partition coefficient (Wildman–Crippen LogP) is 2.91. The number of piperidine rings is 1. The third-order valence-corrected chi connectivity index (χ3v) is 5.65. The Morgan fingerprint density at radius 2 is 2.00 bits per heavy atom. The predicted molar refractivity (Wildman–Crippen MR) is 108 cm³/mol. The fourth-order valence-electron chi connectivity index (χ4n) is 4.03. The molecule has 2 amide bonds. The first-order valence-corrected chi connectivity index (χ1v) is 9.71. The van der Waals surface area contributed by atoms with Crippen molar-refractivity contribution in [3.8, 4) is 0 Å². The van der Waals surface area contributed by atoms with Gasteiger partial charge in [0.1, 0.15) is 5.82 Å². The highest BCUT2D eigenvalue weighted by Gasteiger charge is 2.30. The van der Waals surface area contributed by atoms with Gasteiger partial charge in [0.15, 0.2) is 0 Å². The number of aryl methyl sites for hydroxylation is 1. The normalized spacial score (nSPS) is 18.1. The van der Waals surface area contributed by atoms with E-state index >= 15 is 0 Å². The van der Waals surface area contributed by atoms with Crippen LogP contribution in [0, 0.1) is 6.92 Å². The minimum Gasteiger partial charge on any atom is -0.356 e. The molecule has 142 valence electrons. The Kier molecular flexibility index (Phi) is 4.99. The number of benzene rings is 1. The third-order valence-electron chi connectivity index (χ3n) is 5.65. The van der Waals surface area contributed by atoms with Crippen LogP contribution >= 0.6 is 0 Å². The molecule has 3 heterocycles. The Labute approximate surface area is 160 Å². The minimum absolute atomic E-state index is 0.0150. The number of fused-ring (bicyclic) bond motifs is 1. The maximum absolute atomic E-state index is 12.8. The highest BCUT2D eigenvalue weighted by Crippen LogP contribution is 2.26. The average molecular weight is 365 g/mol. The van der Waals surface area contributed by atoms with E-state index in [4.69, 9.17) is 5.73 Å². The van der Waals surface area contributed by atoms with Crippen LogP contribution in [0.4, 0.5) is 16.3 Å². The van der Waals surface area contributed by atoms with Crippen LogP contribution in [0.2, 0.25) is 0 Å². The van der Waals surface area contributed by atoms with Gasteiger partial charge in [-0.3, -0.25) is 0 Å². The number of hydrogen-bond acceptors (Lipinski definition) is 4. The number of hydrogen-bond donors (Lipinski definition) is 2. The van der Waals surface area contributed by atoms with E-state index in [-0.39, 0.29) is 12.1 Å². The number of nitrogens with one attached hydrogen (secondary N) is 1. The monoisotopic (exact) mass is 365 g/mol. The number of anilines is 2. The molecule has 0 bridgehead atoms. The molecule has 0 spiro atoms. The molecular formula is C21H27N5O. The zero-order chi connectivity index (χ0) is 18.8. The maximum Gasteiger partial charge on any atom is 0.322 e. The molecule has 6 nitrogen and oxygen atoms in total. The van der Waals surface area contributed by atoms with Crippen molar-refractivity contribution in [2.75, 3.05) is 29.9 Å². The molecule has 0 aliphatic carbocycles. The summed E-state index contributed by atoms with van der Waals surface area (Å²) in [6.45, 7) is 5.18. The quantitative estimate of drug-likeness (QED) is 0.877. The third kappa shape index (κ3) is 3.76. The van der Waals surface area contributed by atoms with Crippen molar-refractivity contribution in [1.29, 1.82) is 0 Å². The van der Waals surface area contributed by atoms with Gasteiger partial charge in [-0.15, -0.1) is 0 Å². The number of amides is 2. The molecule has 27 heavy (non-hydrogen) atoms. The smallest absolute Gasteiger partial charge is 0.322 e. The van der Waals surface area contributed by atoms with Crippen LogP contribution in [0.25, 0.3) is 0 Å². The molecule has 0 atom stereocenters. The van der Waals surface area contributed by atoms with Crippen LogP contribution in [0.3, 0.4) is 0 Å². The first-order valence-electron chi connectivity index (χ1n) is 9.71. The van der Waals surface area contributed by atoms with E-state index in [0.717, 1.165) is 56.0 Å². The van der Waals surface area contributed by atoms with Gasteiger partial charge in [-0.25, -0.2) is 9.78 Å². The van der Waals surface area contributed by atoms with Crippen molar-refractivity contribution in [2.45, 2.75) is 38.8 Å². The van der Waals surface area contributed by atoms with Crippen LogP contribution in [0.5, 0.6) is 0 Å². The van der Waals surface area contributed by atoms with E-state index in [9.17, 15) is 4.79 Å². The summed E-state index contributed by atoms with van der Waals surface area (Å²) >= 11 is 0. The Bertz CT molecular complexity index is 812. The van der Waals surface area contributed by atoms with Gasteiger partial charge in [-0.05, 0) is 55.0 Å². The van der Waals surface area contributed by atoms with E-state index < -0.39 is 0 Å². The number of aromatic nitrogens is 1. The number of carbonyl (C=O) groups excluding carboxylic acids is 1. The van der Waals surface area contributed by atoms with Crippen molar-refractivity contribution in [2.24, 2.45) is 5.73 Å². The second-order valence-corrected chi connectivity index (χ2v) is 7.48. The van der Waals surface area contributed by atoms with Crippen LogP contribution < -0.4 is 16.0 Å². The Hall–Kier alpha value is -2.60. The summed E-state index contributed by atoms with van der Waals surface area (Å²) in [6, 6.07) is 10.6. The van der Waals surface area contributed by atoms with Gasteiger partial charge in [-0.2, -0.15) is 0 Å². The van der Waals surface area contributed by atoms with Crippen molar-refractivity contribution in [1.82, 2.24) is 9.88 Å².